The van der Waals surface area contributed by atoms with Gasteiger partial charge < -0.3 is 11.1 Å². The van der Waals surface area contributed by atoms with Crippen molar-refractivity contribution in [1.82, 2.24) is 15.0 Å². The van der Waals surface area contributed by atoms with Crippen LogP contribution in [0.5, 0.6) is 0 Å². The average molecular weight is 252 g/mol. The Hall–Kier alpha value is -2.08. The first-order valence-corrected chi connectivity index (χ1v) is 5.22. The summed E-state index contributed by atoms with van der Waals surface area (Å²) in [6.07, 6.45) is 1.48. The molecule has 0 spiro atoms. The molecule has 1 amide bonds. The zero-order valence-electron chi connectivity index (χ0n) is 8.80. The van der Waals surface area contributed by atoms with Gasteiger partial charge in [0.15, 0.2) is 5.82 Å². The molecule has 17 heavy (non-hydrogen) atoms. The fraction of sp³-hybridized carbons (Fsp3) is 0.100. The molecule has 0 aliphatic carbocycles. The summed E-state index contributed by atoms with van der Waals surface area (Å²) in [5.74, 6) is 0.0534. The Labute approximate surface area is 102 Å². The number of nitrogen functional groups attached to an aromatic ring is 1. The van der Waals surface area contributed by atoms with Gasteiger partial charge in [-0.25, -0.2) is 4.68 Å². The standard InChI is InChI=1S/C10H10ClN5O/c11-7-2-1-3-8(4-7)13-10(17)6-16-5-9(12)14-15-16/h1-5H,6,12H2,(H,13,17). The molecule has 2 aromatic rings. The van der Waals surface area contributed by atoms with E-state index in [0.29, 0.717) is 10.7 Å². The van der Waals surface area contributed by atoms with Crippen molar-refractivity contribution in [3.63, 3.8) is 0 Å². The van der Waals surface area contributed by atoms with Gasteiger partial charge in [0, 0.05) is 10.7 Å². The lowest BCUT2D eigenvalue weighted by Gasteiger charge is -2.04. The van der Waals surface area contributed by atoms with Gasteiger partial charge in [-0.15, -0.1) is 5.10 Å². The van der Waals surface area contributed by atoms with Crippen LogP contribution in [0.25, 0.3) is 0 Å². The van der Waals surface area contributed by atoms with Gasteiger partial charge in [0.25, 0.3) is 0 Å². The number of benzene rings is 1. The minimum Gasteiger partial charge on any atom is -0.381 e. The molecule has 7 heteroatoms. The number of aromatic nitrogens is 3. The van der Waals surface area contributed by atoms with E-state index in [9.17, 15) is 4.79 Å². The third-order valence-electron chi connectivity index (χ3n) is 1.97. The van der Waals surface area contributed by atoms with Crippen molar-refractivity contribution in [2.45, 2.75) is 6.54 Å². The van der Waals surface area contributed by atoms with Gasteiger partial charge >= 0.3 is 0 Å². The Morgan fingerprint density at radius 1 is 1.53 bits per heavy atom. The molecule has 0 fully saturated rings. The van der Waals surface area contributed by atoms with Gasteiger partial charge in [0.05, 0.1) is 6.20 Å². The summed E-state index contributed by atoms with van der Waals surface area (Å²) in [4.78, 5) is 11.6. The maximum absolute atomic E-state index is 11.6. The lowest BCUT2D eigenvalue weighted by molar-refractivity contribution is -0.116. The predicted molar refractivity (Wildman–Crippen MR) is 64.5 cm³/mol. The van der Waals surface area contributed by atoms with Gasteiger partial charge in [0.2, 0.25) is 5.91 Å². The van der Waals surface area contributed by atoms with Crippen LogP contribution in [0.4, 0.5) is 11.5 Å². The van der Waals surface area contributed by atoms with Crippen molar-refractivity contribution < 1.29 is 4.79 Å². The Morgan fingerprint density at radius 2 is 2.35 bits per heavy atom. The molecule has 0 radical (unpaired) electrons. The monoisotopic (exact) mass is 251 g/mol. The number of rotatable bonds is 3. The Bertz CT molecular complexity index is 539. The van der Waals surface area contributed by atoms with Crippen molar-refractivity contribution in [2.75, 3.05) is 11.1 Å². The number of carbonyl (C=O) groups excluding carboxylic acids is 1. The van der Waals surface area contributed by atoms with Crippen molar-refractivity contribution in [3.8, 4) is 0 Å². The molecule has 0 atom stereocenters. The number of hydrogen-bond donors (Lipinski definition) is 2. The first-order chi connectivity index (χ1) is 8.13. The smallest absolute Gasteiger partial charge is 0.246 e. The van der Waals surface area contributed by atoms with E-state index < -0.39 is 0 Å². The quantitative estimate of drug-likeness (QED) is 0.857. The second kappa shape index (κ2) is 4.84. The molecule has 1 aromatic carbocycles. The van der Waals surface area contributed by atoms with Gasteiger partial charge in [-0.05, 0) is 18.2 Å². The summed E-state index contributed by atoms with van der Waals surface area (Å²) in [6.45, 7) is 0.0523. The molecule has 0 aliphatic rings. The van der Waals surface area contributed by atoms with Crippen LogP contribution in [0, 0.1) is 0 Å². The van der Waals surface area contributed by atoms with E-state index in [2.05, 4.69) is 15.6 Å². The van der Waals surface area contributed by atoms with E-state index in [-0.39, 0.29) is 18.3 Å². The molecule has 0 saturated carbocycles. The summed E-state index contributed by atoms with van der Waals surface area (Å²) in [5, 5.41) is 10.5. The minimum atomic E-state index is -0.225. The van der Waals surface area contributed by atoms with Crippen LogP contribution in [0.3, 0.4) is 0 Å². The molecule has 3 N–H and O–H groups in total. The third kappa shape index (κ3) is 3.18. The van der Waals surface area contributed by atoms with E-state index in [1.165, 1.54) is 10.9 Å². The van der Waals surface area contributed by atoms with E-state index in [0.717, 1.165) is 0 Å². The maximum Gasteiger partial charge on any atom is 0.246 e. The van der Waals surface area contributed by atoms with Crippen molar-refractivity contribution in [2.24, 2.45) is 0 Å². The lowest BCUT2D eigenvalue weighted by Crippen LogP contribution is -2.19. The van der Waals surface area contributed by atoms with Gasteiger partial charge in [-0.1, -0.05) is 22.9 Å². The van der Waals surface area contributed by atoms with Crippen LogP contribution < -0.4 is 11.1 Å². The SMILES string of the molecule is Nc1cn(CC(=O)Nc2cccc(Cl)c2)nn1. The zero-order valence-corrected chi connectivity index (χ0v) is 9.55. The molecule has 2 rings (SSSR count). The Kier molecular flexibility index (Phi) is 3.24. The largest absolute Gasteiger partial charge is 0.381 e. The number of carbonyl (C=O) groups is 1. The molecule has 88 valence electrons. The van der Waals surface area contributed by atoms with E-state index in [1.54, 1.807) is 24.3 Å². The van der Waals surface area contributed by atoms with Crippen LogP contribution in [0.15, 0.2) is 30.5 Å². The van der Waals surface area contributed by atoms with Gasteiger partial charge in [0.1, 0.15) is 6.54 Å². The summed E-state index contributed by atoms with van der Waals surface area (Å²) in [6, 6.07) is 6.90. The highest BCUT2D eigenvalue weighted by molar-refractivity contribution is 6.30. The zero-order chi connectivity index (χ0) is 12.3. The highest BCUT2D eigenvalue weighted by Crippen LogP contribution is 2.14. The fourth-order valence-electron chi connectivity index (χ4n) is 1.30. The van der Waals surface area contributed by atoms with Crippen molar-refractivity contribution in [1.29, 1.82) is 0 Å². The fourth-order valence-corrected chi connectivity index (χ4v) is 1.49. The number of nitrogens with one attached hydrogen (secondary N) is 1. The van der Waals surface area contributed by atoms with Gasteiger partial charge in [-0.3, -0.25) is 4.79 Å². The number of amides is 1. The number of nitrogens with two attached hydrogens (primary N) is 1. The van der Waals surface area contributed by atoms with Crippen LogP contribution in [-0.2, 0) is 11.3 Å². The Morgan fingerprint density at radius 3 is 3.00 bits per heavy atom. The summed E-state index contributed by atoms with van der Waals surface area (Å²) < 4.78 is 1.36. The highest BCUT2D eigenvalue weighted by Gasteiger charge is 2.05. The number of halogens is 1. The maximum atomic E-state index is 11.6. The molecule has 0 saturated heterocycles. The number of hydrogen-bond acceptors (Lipinski definition) is 4. The summed E-state index contributed by atoms with van der Waals surface area (Å²) in [7, 11) is 0. The predicted octanol–water partition coefficient (Wildman–Crippen LogP) is 1.15. The summed E-state index contributed by atoms with van der Waals surface area (Å²) >= 11 is 5.80. The lowest BCUT2D eigenvalue weighted by atomic mass is 10.3. The number of nitrogens with zero attached hydrogens (tertiary/aromatic N) is 3. The number of anilines is 2. The van der Waals surface area contributed by atoms with Crippen molar-refractivity contribution in [3.05, 3.63) is 35.5 Å². The second-order valence-corrected chi connectivity index (χ2v) is 3.84. The van der Waals surface area contributed by atoms with Crippen LogP contribution in [0.2, 0.25) is 5.02 Å². The topological polar surface area (TPSA) is 85.8 Å². The molecule has 0 aliphatic heterocycles. The molecule has 1 heterocycles. The summed E-state index contributed by atoms with van der Waals surface area (Å²) in [5.41, 5.74) is 6.02. The van der Waals surface area contributed by atoms with E-state index >= 15 is 0 Å². The second-order valence-electron chi connectivity index (χ2n) is 3.40. The molecule has 0 bridgehead atoms. The van der Waals surface area contributed by atoms with Crippen LogP contribution >= 0.6 is 11.6 Å². The van der Waals surface area contributed by atoms with Crippen LogP contribution in [-0.4, -0.2) is 20.9 Å². The Balaban J connectivity index is 1.98. The molecule has 1 aromatic heterocycles. The normalized spacial score (nSPS) is 10.2. The minimum absolute atomic E-state index is 0.0523. The molecule has 6 nitrogen and oxygen atoms in total. The van der Waals surface area contributed by atoms with Crippen LogP contribution in [0.1, 0.15) is 0 Å². The average Bonchev–Trinajstić information content (AvgIpc) is 2.63. The highest BCUT2D eigenvalue weighted by atomic mass is 35.5. The van der Waals surface area contributed by atoms with E-state index in [4.69, 9.17) is 17.3 Å². The van der Waals surface area contributed by atoms with E-state index in [1.807, 2.05) is 0 Å². The molecular formula is C10H10ClN5O. The first kappa shape index (κ1) is 11.4. The van der Waals surface area contributed by atoms with Crippen molar-refractivity contribution >= 4 is 29.0 Å². The van der Waals surface area contributed by atoms with Gasteiger partial charge in [-0.2, -0.15) is 0 Å². The third-order valence-corrected chi connectivity index (χ3v) is 2.21. The molecular weight excluding hydrogens is 242 g/mol. The first-order valence-electron chi connectivity index (χ1n) is 4.84. The molecule has 0 unspecified atom stereocenters.